The molecule has 2 atom stereocenters. The van der Waals surface area contributed by atoms with Gasteiger partial charge in [0.05, 0.1) is 6.26 Å². The van der Waals surface area contributed by atoms with E-state index in [0.29, 0.717) is 12.8 Å². The van der Waals surface area contributed by atoms with Crippen LogP contribution in [0.1, 0.15) is 31.2 Å². The van der Waals surface area contributed by atoms with E-state index in [1.54, 1.807) is 4.31 Å². The SMILES string of the molecule is Cc1cccc(NC(=O)NC2CC3CCC(C2)N3S(C)(=O)=O)c1. The molecule has 2 heterocycles. The van der Waals surface area contributed by atoms with E-state index in [1.165, 1.54) is 6.26 Å². The van der Waals surface area contributed by atoms with Gasteiger partial charge in [0.2, 0.25) is 10.0 Å². The van der Waals surface area contributed by atoms with Gasteiger partial charge in [-0.15, -0.1) is 0 Å². The molecule has 0 aliphatic carbocycles. The zero-order valence-corrected chi connectivity index (χ0v) is 14.3. The number of piperidine rings is 1. The summed E-state index contributed by atoms with van der Waals surface area (Å²) < 4.78 is 25.4. The van der Waals surface area contributed by atoms with Crippen LogP contribution in [0.15, 0.2) is 24.3 Å². The van der Waals surface area contributed by atoms with Crippen molar-refractivity contribution >= 4 is 21.7 Å². The Morgan fingerprint density at radius 1 is 1.22 bits per heavy atom. The number of hydrogen-bond donors (Lipinski definition) is 2. The van der Waals surface area contributed by atoms with Gasteiger partial charge in [-0.2, -0.15) is 4.31 Å². The van der Waals surface area contributed by atoms with Gasteiger partial charge < -0.3 is 10.6 Å². The van der Waals surface area contributed by atoms with Gasteiger partial charge in [-0.05, 0) is 50.3 Å². The van der Waals surface area contributed by atoms with Gasteiger partial charge >= 0.3 is 6.03 Å². The Kier molecular flexibility index (Phi) is 4.33. The van der Waals surface area contributed by atoms with Crippen molar-refractivity contribution in [1.82, 2.24) is 9.62 Å². The molecule has 0 spiro atoms. The van der Waals surface area contributed by atoms with E-state index in [4.69, 9.17) is 0 Å². The number of amides is 2. The number of aryl methyl sites for hydroxylation is 1. The molecule has 2 amide bonds. The van der Waals surface area contributed by atoms with E-state index in [0.717, 1.165) is 24.1 Å². The first-order valence-electron chi connectivity index (χ1n) is 7.95. The van der Waals surface area contributed by atoms with E-state index >= 15 is 0 Å². The van der Waals surface area contributed by atoms with E-state index in [1.807, 2.05) is 31.2 Å². The summed E-state index contributed by atoms with van der Waals surface area (Å²) in [5.41, 5.74) is 1.85. The molecule has 0 aromatic heterocycles. The van der Waals surface area contributed by atoms with Gasteiger partial charge in [0.25, 0.3) is 0 Å². The minimum absolute atomic E-state index is 0.0213. The first-order valence-corrected chi connectivity index (χ1v) is 9.80. The smallest absolute Gasteiger partial charge is 0.319 e. The maximum Gasteiger partial charge on any atom is 0.319 e. The second-order valence-corrected chi connectivity index (χ2v) is 8.50. The first kappa shape index (κ1) is 16.3. The Morgan fingerprint density at radius 3 is 2.43 bits per heavy atom. The number of fused-ring (bicyclic) bond motifs is 2. The van der Waals surface area contributed by atoms with Crippen molar-refractivity contribution in [1.29, 1.82) is 0 Å². The lowest BCUT2D eigenvalue weighted by Crippen LogP contribution is -2.52. The third kappa shape index (κ3) is 3.67. The molecule has 0 radical (unpaired) electrons. The highest BCUT2D eigenvalue weighted by Gasteiger charge is 2.45. The highest BCUT2D eigenvalue weighted by molar-refractivity contribution is 7.88. The van der Waals surface area contributed by atoms with Crippen LogP contribution in [0.5, 0.6) is 0 Å². The van der Waals surface area contributed by atoms with Crippen LogP contribution in [0.25, 0.3) is 0 Å². The number of nitrogens with zero attached hydrogens (tertiary/aromatic N) is 1. The highest BCUT2D eigenvalue weighted by atomic mass is 32.2. The molecule has 23 heavy (non-hydrogen) atoms. The summed E-state index contributed by atoms with van der Waals surface area (Å²) in [6.45, 7) is 1.97. The molecule has 2 saturated heterocycles. The van der Waals surface area contributed by atoms with Crippen molar-refractivity contribution in [2.24, 2.45) is 0 Å². The molecule has 1 aromatic carbocycles. The lowest BCUT2D eigenvalue weighted by Gasteiger charge is -2.37. The average Bonchev–Trinajstić information content (AvgIpc) is 2.71. The number of urea groups is 1. The van der Waals surface area contributed by atoms with E-state index in [2.05, 4.69) is 10.6 Å². The van der Waals surface area contributed by atoms with Crippen LogP contribution in [0.4, 0.5) is 10.5 Å². The minimum atomic E-state index is -3.16. The predicted octanol–water partition coefficient (Wildman–Crippen LogP) is 2.07. The number of rotatable bonds is 3. The van der Waals surface area contributed by atoms with Gasteiger partial charge in [0, 0.05) is 23.8 Å². The fourth-order valence-electron chi connectivity index (χ4n) is 3.87. The van der Waals surface area contributed by atoms with Gasteiger partial charge in [0.15, 0.2) is 0 Å². The van der Waals surface area contributed by atoms with Gasteiger partial charge in [-0.3, -0.25) is 0 Å². The van der Waals surface area contributed by atoms with E-state index in [-0.39, 0.29) is 24.2 Å². The summed E-state index contributed by atoms with van der Waals surface area (Å²) in [7, 11) is -3.16. The van der Waals surface area contributed by atoms with Crippen LogP contribution in [0.2, 0.25) is 0 Å². The maximum absolute atomic E-state index is 12.2. The largest absolute Gasteiger partial charge is 0.335 e. The standard InChI is InChI=1S/C16H23N3O3S/c1-11-4-3-5-12(8-11)17-16(20)18-13-9-14-6-7-15(10-13)19(14)23(2,21)22/h3-5,8,13-15H,6-7,9-10H2,1-2H3,(H2,17,18,20). The minimum Gasteiger partial charge on any atom is -0.335 e. The second-order valence-electron chi connectivity index (χ2n) is 6.61. The normalized spacial score (nSPS) is 27.7. The second kappa shape index (κ2) is 6.13. The molecule has 7 heteroatoms. The third-order valence-corrected chi connectivity index (χ3v) is 6.02. The zero-order valence-electron chi connectivity index (χ0n) is 13.5. The van der Waals surface area contributed by atoms with Crippen molar-refractivity contribution < 1.29 is 13.2 Å². The molecule has 0 saturated carbocycles. The summed E-state index contributed by atoms with van der Waals surface area (Å²) in [6.07, 6.45) is 4.41. The van der Waals surface area contributed by atoms with Crippen molar-refractivity contribution in [2.45, 2.75) is 50.7 Å². The third-order valence-electron chi connectivity index (χ3n) is 4.66. The number of anilines is 1. The lowest BCUT2D eigenvalue weighted by atomic mass is 10.00. The van der Waals surface area contributed by atoms with Gasteiger partial charge in [0.1, 0.15) is 0 Å². The van der Waals surface area contributed by atoms with E-state index in [9.17, 15) is 13.2 Å². The fourth-order valence-corrected chi connectivity index (χ4v) is 5.33. The van der Waals surface area contributed by atoms with Crippen LogP contribution < -0.4 is 10.6 Å². The van der Waals surface area contributed by atoms with Crippen LogP contribution in [0.3, 0.4) is 0 Å². The van der Waals surface area contributed by atoms with Gasteiger partial charge in [-0.1, -0.05) is 12.1 Å². The van der Waals surface area contributed by atoms with Crippen molar-refractivity contribution in [3.63, 3.8) is 0 Å². The Hall–Kier alpha value is -1.60. The summed E-state index contributed by atoms with van der Waals surface area (Å²) in [4.78, 5) is 12.2. The molecule has 126 valence electrons. The Balaban J connectivity index is 1.59. The lowest BCUT2D eigenvalue weighted by molar-refractivity contribution is 0.204. The molecule has 2 aliphatic heterocycles. The number of hydrogen-bond acceptors (Lipinski definition) is 3. The van der Waals surface area contributed by atoms with Crippen molar-refractivity contribution in [3.05, 3.63) is 29.8 Å². The molecule has 6 nitrogen and oxygen atoms in total. The van der Waals surface area contributed by atoms with Crippen LogP contribution in [0, 0.1) is 6.92 Å². The molecule has 2 N–H and O–H groups in total. The number of benzene rings is 1. The molecule has 2 aliphatic rings. The summed E-state index contributed by atoms with van der Waals surface area (Å²) in [5.74, 6) is 0. The van der Waals surface area contributed by atoms with Gasteiger partial charge in [-0.25, -0.2) is 13.2 Å². The van der Waals surface area contributed by atoms with Crippen LogP contribution in [-0.4, -0.2) is 43.1 Å². The summed E-state index contributed by atoms with van der Waals surface area (Å²) in [5, 5.41) is 5.83. The monoisotopic (exact) mass is 337 g/mol. The molecule has 2 unspecified atom stereocenters. The first-order chi connectivity index (χ1) is 10.8. The number of nitrogens with one attached hydrogen (secondary N) is 2. The highest BCUT2D eigenvalue weighted by Crippen LogP contribution is 2.37. The summed E-state index contributed by atoms with van der Waals surface area (Å²) in [6, 6.07) is 7.47. The quantitative estimate of drug-likeness (QED) is 0.886. The number of sulfonamides is 1. The van der Waals surface area contributed by atoms with Crippen LogP contribution in [-0.2, 0) is 10.0 Å². The number of carbonyl (C=O) groups is 1. The average molecular weight is 337 g/mol. The Bertz CT molecular complexity index is 690. The molecular formula is C16H23N3O3S. The predicted molar refractivity (Wildman–Crippen MR) is 89.8 cm³/mol. The molecule has 3 rings (SSSR count). The van der Waals surface area contributed by atoms with E-state index < -0.39 is 10.0 Å². The van der Waals surface area contributed by atoms with Crippen molar-refractivity contribution in [2.75, 3.05) is 11.6 Å². The Morgan fingerprint density at radius 2 is 1.87 bits per heavy atom. The molecule has 2 bridgehead atoms. The van der Waals surface area contributed by atoms with Crippen molar-refractivity contribution in [3.8, 4) is 0 Å². The molecular weight excluding hydrogens is 314 g/mol. The fraction of sp³-hybridized carbons (Fsp3) is 0.562. The maximum atomic E-state index is 12.2. The topological polar surface area (TPSA) is 78.5 Å². The molecule has 1 aromatic rings. The summed E-state index contributed by atoms with van der Waals surface area (Å²) >= 11 is 0. The molecule has 2 fully saturated rings. The van der Waals surface area contributed by atoms with Crippen LogP contribution >= 0.6 is 0 Å². The zero-order chi connectivity index (χ0) is 16.6. The number of carbonyl (C=O) groups excluding carboxylic acids is 1. The Labute approximate surface area is 137 Å².